The molecule has 1 saturated heterocycles. The molecule has 1 fully saturated rings. The zero-order chi connectivity index (χ0) is 16.7. The summed E-state index contributed by atoms with van der Waals surface area (Å²) in [7, 11) is 0. The van der Waals surface area contributed by atoms with Gasteiger partial charge in [0, 0.05) is 11.5 Å². The van der Waals surface area contributed by atoms with Crippen molar-refractivity contribution in [2.24, 2.45) is 11.8 Å². The maximum Gasteiger partial charge on any atom is 0.310 e. The van der Waals surface area contributed by atoms with E-state index < -0.39 is 0 Å². The summed E-state index contributed by atoms with van der Waals surface area (Å²) in [6.45, 7) is 4.21. The van der Waals surface area contributed by atoms with Gasteiger partial charge in [-0.15, -0.1) is 6.42 Å². The molecule has 23 heavy (non-hydrogen) atoms. The molecule has 0 radical (unpaired) electrons. The van der Waals surface area contributed by atoms with Gasteiger partial charge in [0.25, 0.3) is 0 Å². The van der Waals surface area contributed by atoms with E-state index in [2.05, 4.69) is 17.8 Å². The Morgan fingerprint density at radius 1 is 1.35 bits per heavy atom. The normalized spacial score (nSPS) is 24.2. The van der Waals surface area contributed by atoms with E-state index in [9.17, 15) is 4.79 Å². The molecule has 0 spiro atoms. The number of carbonyl (C=O) groups excluding carboxylic acids is 1. The molecule has 0 bridgehead atoms. The molecule has 2 rings (SSSR count). The van der Waals surface area contributed by atoms with Crippen molar-refractivity contribution in [1.29, 1.82) is 0 Å². The van der Waals surface area contributed by atoms with Crippen molar-refractivity contribution in [1.82, 2.24) is 0 Å². The second-order valence-electron chi connectivity index (χ2n) is 5.85. The van der Waals surface area contributed by atoms with Crippen molar-refractivity contribution >= 4 is 5.97 Å². The van der Waals surface area contributed by atoms with Gasteiger partial charge < -0.3 is 9.47 Å². The summed E-state index contributed by atoms with van der Waals surface area (Å²) in [5, 5.41) is 0. The third-order valence-electron chi connectivity index (χ3n) is 4.14. The average molecular weight is 310 g/mol. The van der Waals surface area contributed by atoms with E-state index in [1.54, 1.807) is 0 Å². The lowest BCUT2D eigenvalue weighted by Crippen LogP contribution is -2.20. The minimum atomic E-state index is -0.350. The van der Waals surface area contributed by atoms with Crippen molar-refractivity contribution in [3.05, 3.63) is 35.9 Å². The van der Waals surface area contributed by atoms with Crippen molar-refractivity contribution < 1.29 is 14.3 Å². The van der Waals surface area contributed by atoms with E-state index in [-0.39, 0.29) is 30.0 Å². The molecule has 1 aromatic rings. The van der Waals surface area contributed by atoms with Gasteiger partial charge in [-0.2, -0.15) is 0 Å². The molecule has 3 nitrogen and oxygen atoms in total. The van der Waals surface area contributed by atoms with Gasteiger partial charge >= 0.3 is 5.97 Å². The molecule has 4 atom stereocenters. The van der Waals surface area contributed by atoms with Gasteiger partial charge in [0.05, 0.1) is 12.0 Å². The molecule has 1 unspecified atom stereocenters. The maximum atomic E-state index is 11.9. The summed E-state index contributed by atoms with van der Waals surface area (Å²) in [6.07, 6.45) is 6.57. The predicted molar refractivity (Wildman–Crippen MR) is 89.3 cm³/mol. The van der Waals surface area contributed by atoms with E-state index in [1.165, 1.54) is 0 Å². The molecule has 3 heteroatoms. The number of ether oxygens (including phenoxy) is 2. The number of esters is 1. The smallest absolute Gasteiger partial charge is 0.310 e. The van der Waals surface area contributed by atoms with Crippen LogP contribution in [0.3, 0.4) is 0 Å². The predicted octanol–water partition coefficient (Wildman–Crippen LogP) is 3.03. The van der Waals surface area contributed by atoms with Crippen LogP contribution in [-0.2, 0) is 14.3 Å². The third kappa shape index (κ3) is 4.88. The summed E-state index contributed by atoms with van der Waals surface area (Å²) >= 11 is 0. The van der Waals surface area contributed by atoms with Crippen LogP contribution in [0.4, 0.5) is 0 Å². The molecule has 0 saturated carbocycles. The summed E-state index contributed by atoms with van der Waals surface area (Å²) in [4.78, 5) is 11.9. The second-order valence-corrected chi connectivity index (χ2v) is 5.85. The Morgan fingerprint density at radius 2 is 2.09 bits per heavy atom. The van der Waals surface area contributed by atoms with Crippen LogP contribution in [0, 0.1) is 36.0 Å². The minimum Gasteiger partial charge on any atom is -0.449 e. The Hall–Kier alpha value is -2.23. The Bertz CT molecular complexity index is 618. The second kappa shape index (κ2) is 8.42. The molecule has 1 aliphatic heterocycles. The first-order valence-electron chi connectivity index (χ1n) is 7.94. The first-order valence-corrected chi connectivity index (χ1v) is 7.94. The van der Waals surface area contributed by atoms with Crippen LogP contribution in [0.2, 0.25) is 0 Å². The minimum absolute atomic E-state index is 0.0664. The Labute approximate surface area is 138 Å². The van der Waals surface area contributed by atoms with Gasteiger partial charge in [-0.3, -0.25) is 4.79 Å². The molecule has 1 aliphatic rings. The van der Waals surface area contributed by atoms with Crippen molar-refractivity contribution in [2.75, 3.05) is 6.61 Å². The molecule has 0 aliphatic carbocycles. The van der Waals surface area contributed by atoms with Crippen molar-refractivity contribution in [2.45, 2.75) is 38.9 Å². The van der Waals surface area contributed by atoms with Crippen molar-refractivity contribution in [3.8, 4) is 24.2 Å². The number of terminal acetylenes is 1. The Balaban J connectivity index is 1.99. The van der Waals surface area contributed by atoms with Crippen molar-refractivity contribution in [3.63, 3.8) is 0 Å². The van der Waals surface area contributed by atoms with Gasteiger partial charge in [-0.1, -0.05) is 42.9 Å². The fourth-order valence-electron chi connectivity index (χ4n) is 2.67. The first-order chi connectivity index (χ1) is 11.1. The summed E-state index contributed by atoms with van der Waals surface area (Å²) in [5.41, 5.74) is 0.924. The van der Waals surface area contributed by atoms with E-state index >= 15 is 0 Å². The van der Waals surface area contributed by atoms with E-state index in [1.807, 2.05) is 44.2 Å². The van der Waals surface area contributed by atoms with Gasteiger partial charge in [0.15, 0.2) is 6.10 Å². The SMILES string of the molecule is C#CCOC(C)CC[C@H]1[C@H](C)C(=O)O[C@@H]1C#Cc1ccccc1. The number of rotatable bonds is 5. The molecule has 1 heterocycles. The van der Waals surface area contributed by atoms with E-state index in [0.717, 1.165) is 18.4 Å². The molecular weight excluding hydrogens is 288 g/mol. The quantitative estimate of drug-likeness (QED) is 0.619. The number of hydrogen-bond donors (Lipinski definition) is 0. The van der Waals surface area contributed by atoms with Crippen LogP contribution < -0.4 is 0 Å². The zero-order valence-corrected chi connectivity index (χ0v) is 13.6. The fourth-order valence-corrected chi connectivity index (χ4v) is 2.67. The van der Waals surface area contributed by atoms with E-state index in [4.69, 9.17) is 15.9 Å². The zero-order valence-electron chi connectivity index (χ0n) is 13.6. The van der Waals surface area contributed by atoms with Gasteiger partial charge in [-0.05, 0) is 31.9 Å². The Morgan fingerprint density at radius 3 is 2.78 bits per heavy atom. The Kier molecular flexibility index (Phi) is 6.27. The van der Waals surface area contributed by atoms with Crippen LogP contribution in [0.5, 0.6) is 0 Å². The average Bonchev–Trinajstić information content (AvgIpc) is 2.84. The lowest BCUT2D eigenvalue weighted by Gasteiger charge is -2.18. The van der Waals surface area contributed by atoms with Crippen LogP contribution in [0.15, 0.2) is 30.3 Å². The van der Waals surface area contributed by atoms with Crippen LogP contribution in [0.1, 0.15) is 32.3 Å². The third-order valence-corrected chi connectivity index (χ3v) is 4.14. The highest BCUT2D eigenvalue weighted by Crippen LogP contribution is 2.32. The molecule has 120 valence electrons. The van der Waals surface area contributed by atoms with Gasteiger partial charge in [0.2, 0.25) is 0 Å². The first kappa shape index (κ1) is 17.1. The molecule has 0 N–H and O–H groups in total. The highest BCUT2D eigenvalue weighted by molar-refractivity contribution is 5.75. The topological polar surface area (TPSA) is 35.5 Å². The van der Waals surface area contributed by atoms with E-state index in [0.29, 0.717) is 6.61 Å². The number of carbonyl (C=O) groups is 1. The largest absolute Gasteiger partial charge is 0.449 e. The lowest BCUT2D eigenvalue weighted by atomic mass is 9.87. The number of benzene rings is 1. The number of hydrogen-bond acceptors (Lipinski definition) is 3. The fraction of sp³-hybridized carbons (Fsp3) is 0.450. The van der Waals surface area contributed by atoms with Gasteiger partial charge in [-0.25, -0.2) is 0 Å². The summed E-state index contributed by atoms with van der Waals surface area (Å²) in [5.74, 6) is 8.46. The monoisotopic (exact) mass is 310 g/mol. The molecular formula is C20H22O3. The van der Waals surface area contributed by atoms with Crippen LogP contribution in [0.25, 0.3) is 0 Å². The van der Waals surface area contributed by atoms with Crippen LogP contribution >= 0.6 is 0 Å². The highest BCUT2D eigenvalue weighted by Gasteiger charge is 2.40. The maximum absolute atomic E-state index is 11.9. The highest BCUT2D eigenvalue weighted by atomic mass is 16.6. The summed E-state index contributed by atoms with van der Waals surface area (Å²) < 4.78 is 10.9. The molecule has 0 aromatic heterocycles. The summed E-state index contributed by atoms with van der Waals surface area (Å²) in [6, 6.07) is 9.71. The standard InChI is InChI=1S/C20H22O3/c1-4-14-22-15(2)10-12-18-16(3)20(21)23-19(18)13-11-17-8-6-5-7-9-17/h1,5-9,15-16,18-19H,10,12,14H2,2-3H3/t15?,16-,18-,19+/m0/s1. The molecule has 1 aromatic carbocycles. The molecule has 0 amide bonds. The number of cyclic esters (lactones) is 1. The lowest BCUT2D eigenvalue weighted by molar-refractivity contribution is -0.142. The van der Waals surface area contributed by atoms with Crippen LogP contribution in [-0.4, -0.2) is 24.8 Å². The van der Waals surface area contributed by atoms with Gasteiger partial charge in [0.1, 0.15) is 6.61 Å².